The number of benzene rings is 2. The predicted octanol–water partition coefficient (Wildman–Crippen LogP) is 2.74. The Labute approximate surface area is 124 Å². The van der Waals surface area contributed by atoms with Crippen LogP contribution >= 0.6 is 0 Å². The fraction of sp³-hybridized carbons (Fsp3) is 0.333. The Hall–Kier alpha value is -2.02. The Bertz CT molecular complexity index is 676. The summed E-state index contributed by atoms with van der Waals surface area (Å²) in [6, 6.07) is 12.2. The normalized spacial score (nSPS) is 17.5. The molecule has 108 valence electrons. The van der Waals surface area contributed by atoms with Crippen molar-refractivity contribution in [2.75, 3.05) is 19.8 Å². The smallest absolute Gasteiger partial charge is 0.124 e. The van der Waals surface area contributed by atoms with Crippen molar-refractivity contribution >= 4 is 10.8 Å². The number of ether oxygens (including phenoxy) is 2. The Morgan fingerprint density at radius 2 is 2.05 bits per heavy atom. The summed E-state index contributed by atoms with van der Waals surface area (Å²) in [6.07, 6.45) is 1.64. The van der Waals surface area contributed by atoms with Crippen molar-refractivity contribution in [2.45, 2.75) is 18.9 Å². The SMILES string of the molecule is OCCC#Cc1ccc2cc(OC3CCOC3)ccc2c1. The molecule has 3 nitrogen and oxygen atoms in total. The summed E-state index contributed by atoms with van der Waals surface area (Å²) >= 11 is 0. The fourth-order valence-electron chi connectivity index (χ4n) is 2.39. The molecular formula is C18H18O3. The highest BCUT2D eigenvalue weighted by atomic mass is 16.5. The highest BCUT2D eigenvalue weighted by molar-refractivity contribution is 5.85. The van der Waals surface area contributed by atoms with Crippen molar-refractivity contribution in [2.24, 2.45) is 0 Å². The maximum Gasteiger partial charge on any atom is 0.124 e. The van der Waals surface area contributed by atoms with Gasteiger partial charge >= 0.3 is 0 Å². The molecule has 0 bridgehead atoms. The quantitative estimate of drug-likeness (QED) is 0.880. The standard InChI is InChI=1S/C18H18O3/c19-9-2-1-3-14-4-5-16-12-17(7-6-15(16)11-14)21-18-8-10-20-13-18/h4-7,11-12,18-19H,2,8-10,13H2. The van der Waals surface area contributed by atoms with E-state index < -0.39 is 0 Å². The van der Waals surface area contributed by atoms with Crippen LogP contribution in [0, 0.1) is 11.8 Å². The van der Waals surface area contributed by atoms with Gasteiger partial charge in [0.1, 0.15) is 11.9 Å². The van der Waals surface area contributed by atoms with Gasteiger partial charge in [0, 0.05) is 18.4 Å². The van der Waals surface area contributed by atoms with Crippen molar-refractivity contribution in [3.8, 4) is 17.6 Å². The lowest BCUT2D eigenvalue weighted by Gasteiger charge is -2.12. The third-order valence-electron chi connectivity index (χ3n) is 3.47. The van der Waals surface area contributed by atoms with Crippen LogP contribution in [-0.2, 0) is 4.74 Å². The van der Waals surface area contributed by atoms with E-state index in [2.05, 4.69) is 36.1 Å². The van der Waals surface area contributed by atoms with E-state index in [1.807, 2.05) is 12.1 Å². The van der Waals surface area contributed by atoms with Gasteiger partial charge in [-0.2, -0.15) is 0 Å². The highest BCUT2D eigenvalue weighted by Gasteiger charge is 2.17. The van der Waals surface area contributed by atoms with E-state index in [0.29, 0.717) is 13.0 Å². The van der Waals surface area contributed by atoms with Crippen LogP contribution in [0.3, 0.4) is 0 Å². The highest BCUT2D eigenvalue weighted by Crippen LogP contribution is 2.24. The third kappa shape index (κ3) is 3.55. The van der Waals surface area contributed by atoms with Gasteiger partial charge in [0.05, 0.1) is 19.8 Å². The molecule has 3 rings (SSSR count). The van der Waals surface area contributed by atoms with E-state index in [1.165, 1.54) is 0 Å². The molecule has 1 atom stereocenters. The van der Waals surface area contributed by atoms with Gasteiger partial charge in [-0.15, -0.1) is 0 Å². The summed E-state index contributed by atoms with van der Waals surface area (Å²) in [6.45, 7) is 1.57. The Morgan fingerprint density at radius 1 is 1.19 bits per heavy atom. The van der Waals surface area contributed by atoms with Crippen molar-refractivity contribution < 1.29 is 14.6 Å². The molecule has 1 saturated heterocycles. The van der Waals surface area contributed by atoms with Crippen LogP contribution in [0.15, 0.2) is 36.4 Å². The molecule has 1 aliphatic rings. The van der Waals surface area contributed by atoms with Crippen molar-refractivity contribution in [1.29, 1.82) is 0 Å². The van der Waals surface area contributed by atoms with Crippen molar-refractivity contribution in [1.82, 2.24) is 0 Å². The van der Waals surface area contributed by atoms with Gasteiger partial charge in [-0.25, -0.2) is 0 Å². The zero-order valence-electron chi connectivity index (χ0n) is 11.8. The molecule has 0 radical (unpaired) electrons. The molecule has 1 N–H and O–H groups in total. The summed E-state index contributed by atoms with van der Waals surface area (Å²) in [5.74, 6) is 6.88. The molecule has 0 aliphatic carbocycles. The zero-order valence-corrected chi connectivity index (χ0v) is 11.8. The number of aliphatic hydroxyl groups is 1. The summed E-state index contributed by atoms with van der Waals surface area (Å²) < 4.78 is 11.2. The minimum atomic E-state index is 0.103. The Balaban J connectivity index is 1.79. The molecule has 2 aromatic rings. The predicted molar refractivity (Wildman–Crippen MR) is 82.4 cm³/mol. The molecular weight excluding hydrogens is 264 g/mol. The summed E-state index contributed by atoms with van der Waals surface area (Å²) in [5.41, 5.74) is 0.966. The minimum absolute atomic E-state index is 0.103. The van der Waals surface area contributed by atoms with Crippen LogP contribution in [0.4, 0.5) is 0 Å². The molecule has 1 aliphatic heterocycles. The summed E-state index contributed by atoms with van der Waals surface area (Å²) in [4.78, 5) is 0. The number of hydrogen-bond donors (Lipinski definition) is 1. The minimum Gasteiger partial charge on any atom is -0.488 e. The first-order chi connectivity index (χ1) is 10.3. The summed E-state index contributed by atoms with van der Waals surface area (Å²) in [7, 11) is 0. The van der Waals surface area contributed by atoms with Gasteiger partial charge < -0.3 is 14.6 Å². The van der Waals surface area contributed by atoms with Gasteiger partial charge in [0.2, 0.25) is 0 Å². The lowest BCUT2D eigenvalue weighted by molar-refractivity contribution is 0.141. The topological polar surface area (TPSA) is 38.7 Å². The second-order valence-electron chi connectivity index (χ2n) is 5.10. The van der Waals surface area contributed by atoms with Crippen LogP contribution in [0.1, 0.15) is 18.4 Å². The zero-order chi connectivity index (χ0) is 14.5. The summed E-state index contributed by atoms with van der Waals surface area (Å²) in [5, 5.41) is 11.0. The van der Waals surface area contributed by atoms with Gasteiger partial charge in [0.25, 0.3) is 0 Å². The van der Waals surface area contributed by atoms with Gasteiger partial charge in [-0.05, 0) is 35.0 Å². The van der Waals surface area contributed by atoms with Crippen LogP contribution < -0.4 is 4.74 Å². The first-order valence-corrected chi connectivity index (χ1v) is 7.23. The molecule has 0 spiro atoms. The maximum absolute atomic E-state index is 8.74. The van der Waals surface area contributed by atoms with E-state index in [0.717, 1.165) is 35.1 Å². The molecule has 2 aromatic carbocycles. The van der Waals surface area contributed by atoms with Crippen molar-refractivity contribution in [3.05, 3.63) is 42.0 Å². The fourth-order valence-corrected chi connectivity index (χ4v) is 2.39. The molecule has 21 heavy (non-hydrogen) atoms. The first-order valence-electron chi connectivity index (χ1n) is 7.23. The lowest BCUT2D eigenvalue weighted by Crippen LogP contribution is -2.15. The molecule has 0 aromatic heterocycles. The van der Waals surface area contributed by atoms with E-state index in [4.69, 9.17) is 14.6 Å². The molecule has 1 heterocycles. The van der Waals surface area contributed by atoms with E-state index in [9.17, 15) is 0 Å². The van der Waals surface area contributed by atoms with Crippen LogP contribution in [0.2, 0.25) is 0 Å². The number of fused-ring (bicyclic) bond motifs is 1. The van der Waals surface area contributed by atoms with Crippen LogP contribution in [-0.4, -0.2) is 31.0 Å². The first kappa shape index (κ1) is 13.9. The number of hydrogen-bond acceptors (Lipinski definition) is 3. The lowest BCUT2D eigenvalue weighted by atomic mass is 10.1. The number of rotatable bonds is 3. The average molecular weight is 282 g/mol. The van der Waals surface area contributed by atoms with Gasteiger partial charge in [-0.1, -0.05) is 24.0 Å². The van der Waals surface area contributed by atoms with Crippen LogP contribution in [0.5, 0.6) is 5.75 Å². The second kappa shape index (κ2) is 6.62. The largest absolute Gasteiger partial charge is 0.488 e. The number of aliphatic hydroxyl groups excluding tert-OH is 1. The third-order valence-corrected chi connectivity index (χ3v) is 3.47. The second-order valence-corrected chi connectivity index (χ2v) is 5.10. The maximum atomic E-state index is 8.74. The van der Waals surface area contributed by atoms with Gasteiger partial charge in [-0.3, -0.25) is 0 Å². The molecule has 0 amide bonds. The Kier molecular flexibility index (Phi) is 4.40. The average Bonchev–Trinajstić information content (AvgIpc) is 3.00. The Morgan fingerprint density at radius 3 is 2.86 bits per heavy atom. The molecule has 1 unspecified atom stereocenters. The van der Waals surface area contributed by atoms with Gasteiger partial charge in [0.15, 0.2) is 0 Å². The van der Waals surface area contributed by atoms with Crippen LogP contribution in [0.25, 0.3) is 10.8 Å². The molecule has 0 saturated carbocycles. The van der Waals surface area contributed by atoms with E-state index in [1.54, 1.807) is 0 Å². The van der Waals surface area contributed by atoms with Crippen molar-refractivity contribution in [3.63, 3.8) is 0 Å². The monoisotopic (exact) mass is 282 g/mol. The molecule has 3 heteroatoms. The molecule has 1 fully saturated rings. The van der Waals surface area contributed by atoms with E-state index in [-0.39, 0.29) is 12.7 Å². The van der Waals surface area contributed by atoms with E-state index >= 15 is 0 Å².